The summed E-state index contributed by atoms with van der Waals surface area (Å²) in [6.45, 7) is 0. The molecule has 0 radical (unpaired) electrons. The van der Waals surface area contributed by atoms with E-state index in [1.807, 2.05) is 0 Å². The van der Waals surface area contributed by atoms with Crippen molar-refractivity contribution in [3.8, 4) is 0 Å². The van der Waals surface area contributed by atoms with Crippen molar-refractivity contribution in [1.82, 2.24) is 0 Å². The van der Waals surface area contributed by atoms with Crippen molar-refractivity contribution in [1.29, 1.82) is 0 Å². The van der Waals surface area contributed by atoms with Crippen LogP contribution in [0.2, 0.25) is 0 Å². The zero-order valence-corrected chi connectivity index (χ0v) is 11.7. The molecule has 0 aliphatic carbocycles. The van der Waals surface area contributed by atoms with Crippen LogP contribution in [0, 0.1) is 0 Å². The summed E-state index contributed by atoms with van der Waals surface area (Å²) in [5.41, 5.74) is 0. The minimum Gasteiger partial charge on any atom is -0.168 e. The molecule has 2 rings (SSSR count). The molecule has 0 heterocycles. The summed E-state index contributed by atoms with van der Waals surface area (Å²) < 4.78 is 0. The van der Waals surface area contributed by atoms with Crippen LogP contribution in [-0.4, -0.2) is 0 Å². The Labute approximate surface area is 116 Å². The van der Waals surface area contributed by atoms with Gasteiger partial charge in [0.1, 0.15) is 0 Å². The van der Waals surface area contributed by atoms with E-state index in [2.05, 4.69) is 42.5 Å². The Morgan fingerprint density at radius 1 is 0.846 bits per heavy atom. The van der Waals surface area contributed by atoms with Gasteiger partial charge in [-0.2, -0.15) is 17.5 Å². The molecule has 4 heteroatoms. The molecule has 2 aromatic rings. The van der Waals surface area contributed by atoms with Crippen LogP contribution < -0.4 is 0 Å². The first-order valence-corrected chi connectivity index (χ1v) is 3.07. The van der Waals surface area contributed by atoms with Gasteiger partial charge >= 0.3 is 0 Å². The second-order valence-electron chi connectivity index (χ2n) is 2.15. The number of hydrogen-bond donors (Lipinski definition) is 0. The fourth-order valence-electron chi connectivity index (χ4n) is 1.07. The van der Waals surface area contributed by atoms with Gasteiger partial charge in [-0.3, -0.25) is 0 Å². The van der Waals surface area contributed by atoms with Crippen molar-refractivity contribution in [2.45, 2.75) is 0 Å². The quantitative estimate of drug-likeness (QED) is 0.648. The van der Waals surface area contributed by atoms with Crippen molar-refractivity contribution < 1.29 is 26.2 Å². The van der Waals surface area contributed by atoms with Crippen LogP contribution in [0.5, 0.6) is 0 Å². The van der Waals surface area contributed by atoms with Gasteiger partial charge < -0.3 is 0 Å². The zero-order chi connectivity index (χ0) is 6.10. The summed E-state index contributed by atoms with van der Waals surface area (Å²) in [7, 11) is 0. The summed E-state index contributed by atoms with van der Waals surface area (Å²) in [5.74, 6) is 0. The van der Waals surface area contributed by atoms with E-state index in [-0.39, 0.29) is 63.4 Å². The summed E-state index contributed by atoms with van der Waals surface area (Å²) in [6, 6.07) is 14.7. The van der Waals surface area contributed by atoms with Gasteiger partial charge in [0.15, 0.2) is 0 Å². The number of rotatable bonds is 0. The average Bonchev–Trinajstić information content (AvgIpc) is 2.33. The average molecular weight is 316 g/mol. The number of fused-ring (bicyclic) bond motifs is 1. The Morgan fingerprint density at radius 2 is 1.46 bits per heavy atom. The fraction of sp³-hybridized carbons (Fsp3) is 0. The number of benzene rings is 1. The standard InChI is InChI=1S/C9H7.3ClH.Zr/c1-2-5-9-7-3-6-8(9)4-1;;;;/h1-7H;3*1H;/q-1;;;;. The monoisotopic (exact) mass is 313 g/mol. The SMILES string of the molecule is Cl.Cl.Cl.[Zr].c1ccc2[cH-]ccc2c1. The maximum atomic E-state index is 2.12. The molecule has 0 atom stereocenters. The molecule has 0 unspecified atom stereocenters. The van der Waals surface area contributed by atoms with E-state index < -0.39 is 0 Å². The third kappa shape index (κ3) is 4.56. The van der Waals surface area contributed by atoms with E-state index in [9.17, 15) is 0 Å². The third-order valence-corrected chi connectivity index (χ3v) is 1.55. The van der Waals surface area contributed by atoms with Crippen LogP contribution in [0.3, 0.4) is 0 Å². The van der Waals surface area contributed by atoms with Crippen LogP contribution in [0.4, 0.5) is 0 Å². The van der Waals surface area contributed by atoms with E-state index >= 15 is 0 Å². The van der Waals surface area contributed by atoms with E-state index in [0.717, 1.165) is 0 Å². The molecule has 0 aliphatic heterocycles. The van der Waals surface area contributed by atoms with Crippen molar-refractivity contribution in [3.05, 3.63) is 42.5 Å². The number of halogens is 3. The van der Waals surface area contributed by atoms with Crippen LogP contribution in [0.15, 0.2) is 42.5 Å². The second-order valence-corrected chi connectivity index (χ2v) is 2.15. The first kappa shape index (κ1) is 19.2. The summed E-state index contributed by atoms with van der Waals surface area (Å²) >= 11 is 0. The molecule has 0 fully saturated rings. The molecule has 13 heavy (non-hydrogen) atoms. The molecular weight excluding hydrogens is 306 g/mol. The smallest absolute Gasteiger partial charge is 0 e. The van der Waals surface area contributed by atoms with Gasteiger partial charge in [-0.05, 0) is 0 Å². The van der Waals surface area contributed by atoms with Crippen molar-refractivity contribution >= 4 is 48.0 Å². The van der Waals surface area contributed by atoms with Crippen molar-refractivity contribution in [2.75, 3.05) is 0 Å². The van der Waals surface area contributed by atoms with Gasteiger partial charge in [0.05, 0.1) is 0 Å². The summed E-state index contributed by atoms with van der Waals surface area (Å²) in [6.07, 6.45) is 0. The molecule has 0 aromatic heterocycles. The van der Waals surface area contributed by atoms with Gasteiger partial charge in [-0.25, -0.2) is 0 Å². The molecule has 72 valence electrons. The molecule has 0 aliphatic rings. The normalized spacial score (nSPS) is 7.08. The predicted octanol–water partition coefficient (Wildman–Crippen LogP) is 3.82. The van der Waals surface area contributed by atoms with Crippen LogP contribution >= 0.6 is 37.2 Å². The second kappa shape index (κ2) is 9.15. The largest absolute Gasteiger partial charge is 0.168 e. The van der Waals surface area contributed by atoms with E-state index in [1.54, 1.807) is 0 Å². The van der Waals surface area contributed by atoms with Gasteiger partial charge in [0.2, 0.25) is 0 Å². The topological polar surface area (TPSA) is 0 Å². The van der Waals surface area contributed by atoms with Crippen molar-refractivity contribution in [2.24, 2.45) is 0 Å². The van der Waals surface area contributed by atoms with Gasteiger partial charge in [0.25, 0.3) is 0 Å². The van der Waals surface area contributed by atoms with Gasteiger partial charge in [-0.1, -0.05) is 6.07 Å². The van der Waals surface area contributed by atoms with E-state index in [0.29, 0.717) is 0 Å². The molecular formula is C9H10Cl3Zr-. The fourth-order valence-corrected chi connectivity index (χ4v) is 1.07. The predicted molar refractivity (Wildman–Crippen MR) is 61.3 cm³/mol. The minimum atomic E-state index is 0. The Bertz CT molecular complexity index is 289. The molecule has 0 bridgehead atoms. The van der Waals surface area contributed by atoms with Crippen LogP contribution in [0.1, 0.15) is 0 Å². The Morgan fingerprint density at radius 3 is 2.08 bits per heavy atom. The van der Waals surface area contributed by atoms with E-state index in [1.165, 1.54) is 10.8 Å². The molecule has 0 spiro atoms. The van der Waals surface area contributed by atoms with Crippen molar-refractivity contribution in [3.63, 3.8) is 0 Å². The molecule has 0 amide bonds. The Balaban J connectivity index is -0.000000250. The zero-order valence-electron chi connectivity index (χ0n) is 6.77. The number of hydrogen-bond acceptors (Lipinski definition) is 0. The molecule has 0 nitrogen and oxygen atoms in total. The maximum Gasteiger partial charge on any atom is 0 e. The van der Waals surface area contributed by atoms with Crippen LogP contribution in [-0.2, 0) is 26.2 Å². The molecule has 2 aromatic carbocycles. The summed E-state index contributed by atoms with van der Waals surface area (Å²) in [5, 5.41) is 2.66. The first-order chi connectivity index (χ1) is 4.47. The van der Waals surface area contributed by atoms with Gasteiger partial charge in [0, 0.05) is 26.2 Å². The summed E-state index contributed by atoms with van der Waals surface area (Å²) in [4.78, 5) is 0. The first-order valence-electron chi connectivity index (χ1n) is 3.07. The Hall–Kier alpha value is 0.583. The third-order valence-electron chi connectivity index (χ3n) is 1.55. The van der Waals surface area contributed by atoms with E-state index in [4.69, 9.17) is 0 Å². The molecule has 0 N–H and O–H groups in total. The Kier molecular flexibility index (Phi) is 13.5. The van der Waals surface area contributed by atoms with Gasteiger partial charge in [-0.15, -0.1) is 66.9 Å². The minimum absolute atomic E-state index is 0. The van der Waals surface area contributed by atoms with Crippen LogP contribution in [0.25, 0.3) is 10.8 Å². The molecule has 0 saturated heterocycles. The molecule has 0 saturated carbocycles. The maximum absolute atomic E-state index is 2.12.